The zero-order chi connectivity index (χ0) is 12.5. The van der Waals surface area contributed by atoms with Gasteiger partial charge in [-0.3, -0.25) is 4.68 Å². The van der Waals surface area contributed by atoms with Crippen molar-refractivity contribution in [3.8, 4) is 0 Å². The second-order valence-electron chi connectivity index (χ2n) is 3.28. The quantitative estimate of drug-likeness (QED) is 0.823. The zero-order valence-corrected chi connectivity index (χ0v) is 8.17. The van der Waals surface area contributed by atoms with E-state index in [-0.39, 0.29) is 5.56 Å². The van der Waals surface area contributed by atoms with Crippen LogP contribution in [0.25, 0.3) is 0 Å². The number of aliphatic hydroxyl groups excluding tert-OH is 1. The van der Waals surface area contributed by atoms with Gasteiger partial charge in [-0.25, -0.2) is 8.78 Å². The SMILES string of the molecule is Cn1cc(CC(O)C(F)(F)F)c(C(F)F)n1. The maximum Gasteiger partial charge on any atom is 0.414 e. The Hall–Kier alpha value is -1.18. The van der Waals surface area contributed by atoms with Crippen molar-refractivity contribution < 1.29 is 27.1 Å². The van der Waals surface area contributed by atoms with Gasteiger partial charge in [0.15, 0.2) is 6.10 Å². The molecule has 1 rings (SSSR count). The summed E-state index contributed by atoms with van der Waals surface area (Å²) < 4.78 is 61.7. The minimum absolute atomic E-state index is 0.303. The Morgan fingerprint density at radius 2 is 2.00 bits per heavy atom. The summed E-state index contributed by atoms with van der Waals surface area (Å²) in [5, 5.41) is 12.1. The van der Waals surface area contributed by atoms with E-state index >= 15 is 0 Å². The van der Waals surface area contributed by atoms with E-state index in [0.29, 0.717) is 0 Å². The predicted octanol–water partition coefficient (Wildman–Crippen LogP) is 1.82. The lowest BCUT2D eigenvalue weighted by Gasteiger charge is -2.13. The lowest BCUT2D eigenvalue weighted by molar-refractivity contribution is -0.203. The average Bonchev–Trinajstić information content (AvgIpc) is 2.45. The van der Waals surface area contributed by atoms with E-state index in [1.165, 1.54) is 7.05 Å². The average molecular weight is 244 g/mol. The molecule has 0 bridgehead atoms. The highest BCUT2D eigenvalue weighted by Gasteiger charge is 2.39. The molecule has 1 aromatic heterocycles. The summed E-state index contributed by atoms with van der Waals surface area (Å²) in [6, 6.07) is 0. The standard InChI is InChI=1S/C8H9F5N2O/c1-15-3-4(6(14-15)7(9)10)2-5(16)8(11,12)13/h3,5,7,16H,2H2,1H3. The number of nitrogens with zero attached hydrogens (tertiary/aromatic N) is 2. The molecule has 8 heteroatoms. The topological polar surface area (TPSA) is 38.0 Å². The Morgan fingerprint density at radius 3 is 2.44 bits per heavy atom. The smallest absolute Gasteiger partial charge is 0.383 e. The van der Waals surface area contributed by atoms with Crippen molar-refractivity contribution in [2.45, 2.75) is 25.1 Å². The van der Waals surface area contributed by atoms with Crippen LogP contribution in [0.3, 0.4) is 0 Å². The van der Waals surface area contributed by atoms with Crippen molar-refractivity contribution in [3.05, 3.63) is 17.5 Å². The van der Waals surface area contributed by atoms with Gasteiger partial charge in [0.25, 0.3) is 6.43 Å². The lowest BCUT2D eigenvalue weighted by Crippen LogP contribution is -2.30. The summed E-state index contributed by atoms with van der Waals surface area (Å²) in [5.74, 6) is 0. The van der Waals surface area contributed by atoms with Crippen LogP contribution in [0.2, 0.25) is 0 Å². The Kier molecular flexibility index (Phi) is 3.51. The van der Waals surface area contributed by atoms with Gasteiger partial charge in [-0.1, -0.05) is 0 Å². The Morgan fingerprint density at radius 1 is 1.44 bits per heavy atom. The van der Waals surface area contributed by atoms with Gasteiger partial charge in [-0.15, -0.1) is 0 Å². The molecule has 1 heterocycles. The third-order valence-corrected chi connectivity index (χ3v) is 1.93. The van der Waals surface area contributed by atoms with Crippen molar-refractivity contribution in [2.24, 2.45) is 7.05 Å². The van der Waals surface area contributed by atoms with Gasteiger partial charge in [-0.05, 0) is 0 Å². The molecule has 1 unspecified atom stereocenters. The summed E-state index contributed by atoms with van der Waals surface area (Å²) in [6.07, 6.45) is -10.3. The number of halogens is 5. The zero-order valence-electron chi connectivity index (χ0n) is 8.17. The summed E-state index contributed by atoms with van der Waals surface area (Å²) in [4.78, 5) is 0. The number of hydrogen-bond acceptors (Lipinski definition) is 2. The number of rotatable bonds is 3. The van der Waals surface area contributed by atoms with Crippen LogP contribution in [0.5, 0.6) is 0 Å². The van der Waals surface area contributed by atoms with Crippen LogP contribution in [-0.2, 0) is 13.5 Å². The summed E-state index contributed by atoms with van der Waals surface area (Å²) >= 11 is 0. The van der Waals surface area contributed by atoms with Gasteiger partial charge in [-0.2, -0.15) is 18.3 Å². The van der Waals surface area contributed by atoms with E-state index in [1.54, 1.807) is 0 Å². The van der Waals surface area contributed by atoms with Gasteiger partial charge in [0.1, 0.15) is 5.69 Å². The lowest BCUT2D eigenvalue weighted by atomic mass is 10.1. The molecule has 0 spiro atoms. The Labute approximate surface area is 87.5 Å². The fourth-order valence-electron chi connectivity index (χ4n) is 1.22. The maximum atomic E-state index is 12.3. The Balaban J connectivity index is 2.89. The highest BCUT2D eigenvalue weighted by atomic mass is 19.4. The van der Waals surface area contributed by atoms with E-state index in [0.717, 1.165) is 10.9 Å². The molecular formula is C8H9F5N2O. The predicted molar refractivity (Wildman–Crippen MR) is 43.9 cm³/mol. The molecule has 0 aliphatic heterocycles. The van der Waals surface area contributed by atoms with E-state index in [1.807, 2.05) is 0 Å². The molecule has 0 saturated carbocycles. The summed E-state index contributed by atoms with van der Waals surface area (Å²) in [6.45, 7) is 0. The molecule has 1 atom stereocenters. The molecule has 0 saturated heterocycles. The Bertz CT molecular complexity index is 360. The summed E-state index contributed by atoms with van der Waals surface area (Å²) in [5.41, 5.74) is -1.03. The van der Waals surface area contributed by atoms with Gasteiger partial charge in [0, 0.05) is 25.2 Å². The molecule has 0 radical (unpaired) electrons. The second-order valence-corrected chi connectivity index (χ2v) is 3.28. The molecule has 3 nitrogen and oxygen atoms in total. The van der Waals surface area contributed by atoms with Crippen molar-refractivity contribution in [3.63, 3.8) is 0 Å². The van der Waals surface area contributed by atoms with Crippen LogP contribution in [0.15, 0.2) is 6.20 Å². The molecule has 0 aliphatic rings. The monoisotopic (exact) mass is 244 g/mol. The normalized spacial score (nSPS) is 14.5. The molecular weight excluding hydrogens is 235 g/mol. The van der Waals surface area contributed by atoms with Crippen molar-refractivity contribution in [1.82, 2.24) is 9.78 Å². The van der Waals surface area contributed by atoms with Crippen LogP contribution in [0.1, 0.15) is 17.7 Å². The van der Waals surface area contributed by atoms with Crippen molar-refractivity contribution >= 4 is 0 Å². The van der Waals surface area contributed by atoms with Crippen LogP contribution in [0, 0.1) is 0 Å². The molecule has 1 aromatic rings. The number of aryl methyl sites for hydroxylation is 1. The highest BCUT2D eigenvalue weighted by Crippen LogP contribution is 2.27. The van der Waals surface area contributed by atoms with E-state index < -0.39 is 30.8 Å². The second kappa shape index (κ2) is 4.36. The van der Waals surface area contributed by atoms with Gasteiger partial charge >= 0.3 is 6.18 Å². The molecule has 0 fully saturated rings. The number of hydrogen-bond donors (Lipinski definition) is 1. The molecule has 92 valence electrons. The van der Waals surface area contributed by atoms with Crippen LogP contribution >= 0.6 is 0 Å². The third kappa shape index (κ3) is 2.91. The number of alkyl halides is 5. The van der Waals surface area contributed by atoms with E-state index in [9.17, 15) is 22.0 Å². The fraction of sp³-hybridized carbons (Fsp3) is 0.625. The first-order chi connectivity index (χ1) is 7.21. The largest absolute Gasteiger partial charge is 0.414 e. The molecule has 0 aromatic carbocycles. The van der Waals surface area contributed by atoms with Gasteiger partial charge in [0.05, 0.1) is 0 Å². The molecule has 16 heavy (non-hydrogen) atoms. The molecule has 0 aliphatic carbocycles. The van der Waals surface area contributed by atoms with Crippen molar-refractivity contribution in [2.75, 3.05) is 0 Å². The van der Waals surface area contributed by atoms with Crippen molar-refractivity contribution in [1.29, 1.82) is 0 Å². The number of aromatic nitrogens is 2. The van der Waals surface area contributed by atoms with Crippen LogP contribution in [0.4, 0.5) is 22.0 Å². The first kappa shape index (κ1) is 12.9. The minimum Gasteiger partial charge on any atom is -0.383 e. The van der Waals surface area contributed by atoms with Crippen LogP contribution < -0.4 is 0 Å². The summed E-state index contributed by atoms with van der Waals surface area (Å²) in [7, 11) is 1.31. The van der Waals surface area contributed by atoms with E-state index in [2.05, 4.69) is 5.10 Å². The third-order valence-electron chi connectivity index (χ3n) is 1.93. The number of aliphatic hydroxyl groups is 1. The van der Waals surface area contributed by atoms with Gasteiger partial charge < -0.3 is 5.11 Å². The molecule has 1 N–H and O–H groups in total. The fourth-order valence-corrected chi connectivity index (χ4v) is 1.22. The first-order valence-corrected chi connectivity index (χ1v) is 4.27. The van der Waals surface area contributed by atoms with E-state index in [4.69, 9.17) is 5.11 Å². The highest BCUT2D eigenvalue weighted by molar-refractivity contribution is 5.19. The van der Waals surface area contributed by atoms with Crippen LogP contribution in [-0.4, -0.2) is 27.2 Å². The minimum atomic E-state index is -4.82. The maximum absolute atomic E-state index is 12.3. The molecule has 0 amide bonds. The first-order valence-electron chi connectivity index (χ1n) is 4.27. The van der Waals surface area contributed by atoms with Gasteiger partial charge in [0.2, 0.25) is 0 Å².